The molecule has 0 atom stereocenters. The summed E-state index contributed by atoms with van der Waals surface area (Å²) in [6.07, 6.45) is 0. The van der Waals surface area contributed by atoms with Crippen LogP contribution in [-0.2, 0) is 13.1 Å². The van der Waals surface area contributed by atoms with Crippen molar-refractivity contribution in [3.8, 4) is 0 Å². The molecule has 0 aliphatic rings. The van der Waals surface area contributed by atoms with E-state index < -0.39 is 0 Å². The van der Waals surface area contributed by atoms with Crippen LogP contribution in [0.25, 0.3) is 0 Å². The molecule has 0 saturated heterocycles. The maximum absolute atomic E-state index is 4.42. The van der Waals surface area contributed by atoms with Crippen molar-refractivity contribution in [2.24, 2.45) is 4.99 Å². The molecule has 2 heterocycles. The van der Waals surface area contributed by atoms with Crippen LogP contribution in [0.3, 0.4) is 0 Å². The van der Waals surface area contributed by atoms with Crippen molar-refractivity contribution in [2.75, 3.05) is 7.05 Å². The standard InChI is InChI=1S/C13H18N4S2.HI/c1-9-12(19-10(2)17-9)8-16-13(14-3)15-7-11-5-4-6-18-11;/h4-6H,7-8H2,1-3H3,(H2,14,15,16);1H. The number of hydrogen-bond acceptors (Lipinski definition) is 4. The van der Waals surface area contributed by atoms with Crippen LogP contribution in [0.4, 0.5) is 0 Å². The molecule has 2 aromatic heterocycles. The highest BCUT2D eigenvalue weighted by molar-refractivity contribution is 14.0. The number of aryl methyl sites for hydroxylation is 2. The monoisotopic (exact) mass is 422 g/mol. The summed E-state index contributed by atoms with van der Waals surface area (Å²) < 4.78 is 0. The molecule has 2 rings (SSSR count). The van der Waals surface area contributed by atoms with Gasteiger partial charge in [0.1, 0.15) is 0 Å². The summed E-state index contributed by atoms with van der Waals surface area (Å²) in [5.74, 6) is 0.818. The van der Waals surface area contributed by atoms with Crippen molar-refractivity contribution in [3.05, 3.63) is 38.0 Å². The Bertz CT molecular complexity index is 549. The first kappa shape index (κ1) is 17.4. The van der Waals surface area contributed by atoms with E-state index >= 15 is 0 Å². The Morgan fingerprint density at radius 1 is 1.30 bits per heavy atom. The fraction of sp³-hybridized carbons (Fsp3) is 0.385. The van der Waals surface area contributed by atoms with E-state index in [1.165, 1.54) is 9.75 Å². The highest BCUT2D eigenvalue weighted by Crippen LogP contribution is 2.16. The Kier molecular flexibility index (Phi) is 7.46. The molecule has 0 saturated carbocycles. The molecule has 110 valence electrons. The predicted octanol–water partition coefficient (Wildman–Crippen LogP) is 3.30. The van der Waals surface area contributed by atoms with Crippen molar-refractivity contribution < 1.29 is 0 Å². The van der Waals surface area contributed by atoms with E-state index in [1.54, 1.807) is 29.7 Å². The zero-order valence-corrected chi connectivity index (χ0v) is 15.7. The lowest BCUT2D eigenvalue weighted by Crippen LogP contribution is -2.36. The van der Waals surface area contributed by atoms with Gasteiger partial charge in [-0.1, -0.05) is 6.07 Å². The van der Waals surface area contributed by atoms with E-state index in [9.17, 15) is 0 Å². The van der Waals surface area contributed by atoms with Crippen LogP contribution in [0.2, 0.25) is 0 Å². The molecular formula is C13H19IN4S2. The van der Waals surface area contributed by atoms with Gasteiger partial charge in [0.25, 0.3) is 0 Å². The van der Waals surface area contributed by atoms with Gasteiger partial charge < -0.3 is 10.6 Å². The minimum atomic E-state index is 0. The first-order valence-corrected chi connectivity index (χ1v) is 7.78. The van der Waals surface area contributed by atoms with Crippen LogP contribution in [0.5, 0.6) is 0 Å². The van der Waals surface area contributed by atoms with Crippen molar-refractivity contribution in [1.29, 1.82) is 0 Å². The van der Waals surface area contributed by atoms with E-state index in [4.69, 9.17) is 0 Å². The molecule has 2 N–H and O–H groups in total. The number of thiophene rings is 1. The van der Waals surface area contributed by atoms with Crippen molar-refractivity contribution >= 4 is 52.6 Å². The number of aliphatic imine (C=N–C) groups is 1. The van der Waals surface area contributed by atoms with Crippen LogP contribution in [0, 0.1) is 13.8 Å². The lowest BCUT2D eigenvalue weighted by molar-refractivity contribution is 0.818. The molecule has 0 spiro atoms. The summed E-state index contributed by atoms with van der Waals surface area (Å²) in [6, 6.07) is 4.17. The van der Waals surface area contributed by atoms with Crippen molar-refractivity contribution in [2.45, 2.75) is 26.9 Å². The third-order valence-electron chi connectivity index (χ3n) is 2.65. The number of nitrogens with zero attached hydrogens (tertiary/aromatic N) is 2. The zero-order valence-electron chi connectivity index (χ0n) is 11.8. The van der Waals surface area contributed by atoms with Gasteiger partial charge in [0, 0.05) is 16.8 Å². The second-order valence-corrected chi connectivity index (χ2v) is 6.42. The Balaban J connectivity index is 0.00000200. The number of nitrogens with one attached hydrogen (secondary N) is 2. The van der Waals surface area contributed by atoms with E-state index in [1.807, 2.05) is 13.8 Å². The molecule has 0 aliphatic heterocycles. The number of guanidine groups is 1. The van der Waals surface area contributed by atoms with Crippen molar-refractivity contribution in [1.82, 2.24) is 15.6 Å². The quantitative estimate of drug-likeness (QED) is 0.452. The second kappa shape index (κ2) is 8.58. The lowest BCUT2D eigenvalue weighted by atomic mass is 10.4. The van der Waals surface area contributed by atoms with Crippen LogP contribution < -0.4 is 10.6 Å². The molecule has 0 fully saturated rings. The van der Waals surface area contributed by atoms with Crippen LogP contribution in [0.1, 0.15) is 20.5 Å². The number of halogens is 1. The summed E-state index contributed by atoms with van der Waals surface area (Å²) in [6.45, 7) is 5.65. The smallest absolute Gasteiger partial charge is 0.191 e. The number of thiazole rings is 1. The van der Waals surface area contributed by atoms with Gasteiger partial charge in [-0.25, -0.2) is 4.98 Å². The van der Waals surface area contributed by atoms with Gasteiger partial charge in [0.2, 0.25) is 0 Å². The van der Waals surface area contributed by atoms with Gasteiger partial charge in [-0.15, -0.1) is 46.7 Å². The van der Waals surface area contributed by atoms with Gasteiger partial charge >= 0.3 is 0 Å². The molecule has 0 amide bonds. The fourth-order valence-electron chi connectivity index (χ4n) is 1.71. The van der Waals surface area contributed by atoms with Gasteiger partial charge in [0.15, 0.2) is 5.96 Å². The van der Waals surface area contributed by atoms with E-state index in [2.05, 4.69) is 38.1 Å². The normalized spacial score (nSPS) is 11.1. The van der Waals surface area contributed by atoms with Crippen LogP contribution >= 0.6 is 46.7 Å². The Hall–Kier alpha value is -0.670. The van der Waals surface area contributed by atoms with Gasteiger partial charge in [-0.2, -0.15) is 0 Å². The maximum atomic E-state index is 4.42. The third kappa shape index (κ3) is 5.02. The number of rotatable bonds is 4. The fourth-order valence-corrected chi connectivity index (χ4v) is 3.23. The lowest BCUT2D eigenvalue weighted by Gasteiger charge is -2.10. The van der Waals surface area contributed by atoms with Crippen LogP contribution in [0.15, 0.2) is 22.5 Å². The predicted molar refractivity (Wildman–Crippen MR) is 98.4 cm³/mol. The Morgan fingerprint density at radius 3 is 2.60 bits per heavy atom. The van der Waals surface area contributed by atoms with E-state index in [-0.39, 0.29) is 24.0 Å². The highest BCUT2D eigenvalue weighted by atomic mass is 127. The zero-order chi connectivity index (χ0) is 13.7. The molecule has 7 heteroatoms. The summed E-state index contributed by atoms with van der Waals surface area (Å²) in [5, 5.41) is 9.81. The second-order valence-electron chi connectivity index (χ2n) is 4.10. The Morgan fingerprint density at radius 2 is 2.05 bits per heavy atom. The SMILES string of the molecule is CN=C(NCc1cccs1)NCc1sc(C)nc1C.I. The minimum Gasteiger partial charge on any atom is -0.352 e. The van der Waals surface area contributed by atoms with Crippen LogP contribution in [-0.4, -0.2) is 18.0 Å². The molecule has 20 heavy (non-hydrogen) atoms. The van der Waals surface area contributed by atoms with Crippen molar-refractivity contribution in [3.63, 3.8) is 0 Å². The topological polar surface area (TPSA) is 49.3 Å². The average Bonchev–Trinajstić information content (AvgIpc) is 3.00. The summed E-state index contributed by atoms with van der Waals surface area (Å²) in [7, 11) is 1.79. The van der Waals surface area contributed by atoms with Gasteiger partial charge in [-0.05, 0) is 25.3 Å². The van der Waals surface area contributed by atoms with E-state index in [0.717, 1.165) is 29.8 Å². The largest absolute Gasteiger partial charge is 0.352 e. The number of hydrogen-bond donors (Lipinski definition) is 2. The molecule has 0 unspecified atom stereocenters. The highest BCUT2D eigenvalue weighted by Gasteiger charge is 2.05. The average molecular weight is 422 g/mol. The molecule has 0 aliphatic carbocycles. The van der Waals surface area contributed by atoms with Gasteiger partial charge in [-0.3, -0.25) is 4.99 Å². The molecule has 2 aromatic rings. The summed E-state index contributed by atoms with van der Waals surface area (Å²) >= 11 is 3.47. The molecular weight excluding hydrogens is 403 g/mol. The van der Waals surface area contributed by atoms with Gasteiger partial charge in [0.05, 0.1) is 23.8 Å². The first-order valence-electron chi connectivity index (χ1n) is 6.09. The molecule has 0 radical (unpaired) electrons. The minimum absolute atomic E-state index is 0. The van der Waals surface area contributed by atoms with E-state index in [0.29, 0.717) is 0 Å². The molecule has 0 aromatic carbocycles. The molecule has 4 nitrogen and oxygen atoms in total. The first-order chi connectivity index (χ1) is 9.19. The summed E-state index contributed by atoms with van der Waals surface area (Å²) in [5.41, 5.74) is 1.10. The number of aromatic nitrogens is 1. The summed E-state index contributed by atoms with van der Waals surface area (Å²) in [4.78, 5) is 11.2. The molecule has 0 bridgehead atoms. The maximum Gasteiger partial charge on any atom is 0.191 e. The Labute approximate surface area is 144 Å². The third-order valence-corrected chi connectivity index (χ3v) is 4.60.